The van der Waals surface area contributed by atoms with Gasteiger partial charge in [-0.15, -0.1) is 0 Å². The van der Waals surface area contributed by atoms with Crippen LogP contribution in [0.2, 0.25) is 0 Å². The summed E-state index contributed by atoms with van der Waals surface area (Å²) in [6, 6.07) is 15.8. The maximum absolute atomic E-state index is 12.7. The third-order valence-electron chi connectivity index (χ3n) is 4.38. The lowest BCUT2D eigenvalue weighted by Gasteiger charge is -2.14. The first-order chi connectivity index (χ1) is 14.5. The molecular formula is C22H23N3O4S. The topological polar surface area (TPSA) is 93.3 Å². The number of H-pyrrole nitrogens is 1. The minimum Gasteiger partial charge on any atom is -0.497 e. The number of hydrogen-bond acceptors (Lipinski definition) is 6. The molecule has 0 aliphatic rings. The molecule has 1 heterocycles. The molecule has 156 valence electrons. The molecule has 2 N–H and O–H groups in total. The van der Waals surface area contributed by atoms with Crippen LogP contribution in [-0.2, 0) is 4.79 Å². The molecule has 0 radical (unpaired) electrons. The summed E-state index contributed by atoms with van der Waals surface area (Å²) in [7, 11) is 3.18. The second-order valence-corrected chi connectivity index (χ2v) is 7.59. The van der Waals surface area contributed by atoms with Gasteiger partial charge in [0.05, 0.1) is 25.2 Å². The number of nitrogens with zero attached hydrogens (tertiary/aromatic N) is 1. The molecule has 30 heavy (non-hydrogen) atoms. The fourth-order valence-electron chi connectivity index (χ4n) is 2.75. The van der Waals surface area contributed by atoms with Crippen molar-refractivity contribution in [2.75, 3.05) is 19.5 Å². The Hall–Kier alpha value is -3.26. The van der Waals surface area contributed by atoms with Crippen LogP contribution >= 0.6 is 11.8 Å². The van der Waals surface area contributed by atoms with Crippen molar-refractivity contribution in [3.63, 3.8) is 0 Å². The fourth-order valence-corrected chi connectivity index (χ4v) is 3.67. The number of rotatable bonds is 8. The van der Waals surface area contributed by atoms with Gasteiger partial charge < -0.3 is 19.8 Å². The van der Waals surface area contributed by atoms with E-state index in [1.807, 2.05) is 31.2 Å². The number of aromatic amines is 1. The molecule has 7 nitrogen and oxygen atoms in total. The lowest BCUT2D eigenvalue weighted by molar-refractivity contribution is -0.115. The average Bonchev–Trinajstić information content (AvgIpc) is 2.77. The molecule has 1 aromatic heterocycles. The number of carbonyl (C=O) groups is 1. The quantitative estimate of drug-likeness (QED) is 0.419. The van der Waals surface area contributed by atoms with E-state index in [-0.39, 0.29) is 11.5 Å². The molecule has 1 amide bonds. The zero-order chi connectivity index (χ0) is 21.5. The zero-order valence-electron chi connectivity index (χ0n) is 17.0. The average molecular weight is 426 g/mol. The third kappa shape index (κ3) is 5.42. The number of thioether (sulfide) groups is 1. The summed E-state index contributed by atoms with van der Waals surface area (Å²) in [6.07, 6.45) is 0.573. The van der Waals surface area contributed by atoms with Gasteiger partial charge in [-0.1, -0.05) is 18.7 Å². The zero-order valence-corrected chi connectivity index (χ0v) is 17.8. The summed E-state index contributed by atoms with van der Waals surface area (Å²) >= 11 is 1.23. The van der Waals surface area contributed by atoms with E-state index < -0.39 is 5.25 Å². The van der Waals surface area contributed by atoms with E-state index in [9.17, 15) is 9.59 Å². The SMILES string of the molecule is CCC(Sc1nc(-c2ccc(OC)cc2)cc(=O)[nH]1)C(=O)Nc1ccc(OC)cc1. The Kier molecular flexibility index (Phi) is 7.13. The van der Waals surface area contributed by atoms with Gasteiger partial charge in [0.25, 0.3) is 5.56 Å². The number of aromatic nitrogens is 2. The van der Waals surface area contributed by atoms with Crippen molar-refractivity contribution in [1.82, 2.24) is 9.97 Å². The van der Waals surface area contributed by atoms with Crippen LogP contribution in [0.15, 0.2) is 64.5 Å². The molecule has 0 saturated carbocycles. The largest absolute Gasteiger partial charge is 0.497 e. The Labute approximate surface area is 178 Å². The summed E-state index contributed by atoms with van der Waals surface area (Å²) in [5.41, 5.74) is 1.73. The van der Waals surface area contributed by atoms with Gasteiger partial charge in [-0.25, -0.2) is 4.98 Å². The van der Waals surface area contributed by atoms with Crippen LogP contribution in [0.3, 0.4) is 0 Å². The summed E-state index contributed by atoms with van der Waals surface area (Å²) in [5, 5.41) is 2.87. The van der Waals surface area contributed by atoms with Gasteiger partial charge in [-0.3, -0.25) is 9.59 Å². The number of benzene rings is 2. The predicted molar refractivity (Wildman–Crippen MR) is 118 cm³/mol. The van der Waals surface area contributed by atoms with Crippen molar-refractivity contribution >= 4 is 23.4 Å². The second-order valence-electron chi connectivity index (χ2n) is 6.40. The third-order valence-corrected chi connectivity index (χ3v) is 5.63. The number of nitrogens with one attached hydrogen (secondary N) is 2. The number of amides is 1. The van der Waals surface area contributed by atoms with E-state index in [0.29, 0.717) is 28.7 Å². The summed E-state index contributed by atoms with van der Waals surface area (Å²) in [4.78, 5) is 32.1. The Morgan fingerprint density at radius 3 is 2.23 bits per heavy atom. The van der Waals surface area contributed by atoms with E-state index in [4.69, 9.17) is 9.47 Å². The molecule has 0 aliphatic heterocycles. The van der Waals surface area contributed by atoms with Gasteiger partial charge in [0.1, 0.15) is 11.5 Å². The van der Waals surface area contributed by atoms with Gasteiger partial charge in [-0.05, 0) is 55.0 Å². The molecule has 0 fully saturated rings. The van der Waals surface area contributed by atoms with Crippen molar-refractivity contribution in [2.45, 2.75) is 23.8 Å². The van der Waals surface area contributed by atoms with E-state index in [1.165, 1.54) is 17.8 Å². The van der Waals surface area contributed by atoms with Crippen molar-refractivity contribution in [3.05, 3.63) is 65.0 Å². The van der Waals surface area contributed by atoms with Crippen molar-refractivity contribution < 1.29 is 14.3 Å². The minimum absolute atomic E-state index is 0.162. The highest BCUT2D eigenvalue weighted by molar-refractivity contribution is 8.00. The van der Waals surface area contributed by atoms with Crippen LogP contribution in [0, 0.1) is 0 Å². The van der Waals surface area contributed by atoms with Crippen LogP contribution in [0.1, 0.15) is 13.3 Å². The highest BCUT2D eigenvalue weighted by atomic mass is 32.2. The van der Waals surface area contributed by atoms with E-state index in [1.54, 1.807) is 38.5 Å². The van der Waals surface area contributed by atoms with Crippen LogP contribution in [-0.4, -0.2) is 35.3 Å². The smallest absolute Gasteiger partial charge is 0.252 e. The molecule has 3 aromatic rings. The highest BCUT2D eigenvalue weighted by Crippen LogP contribution is 2.26. The Morgan fingerprint density at radius 2 is 1.67 bits per heavy atom. The monoisotopic (exact) mass is 425 g/mol. The Balaban J connectivity index is 1.76. The number of anilines is 1. The summed E-state index contributed by atoms with van der Waals surface area (Å²) in [5.74, 6) is 1.27. The number of hydrogen-bond donors (Lipinski definition) is 2. The lowest BCUT2D eigenvalue weighted by atomic mass is 10.1. The summed E-state index contributed by atoms with van der Waals surface area (Å²) in [6.45, 7) is 1.91. The maximum atomic E-state index is 12.7. The molecule has 0 spiro atoms. The van der Waals surface area contributed by atoms with Crippen LogP contribution in [0.25, 0.3) is 11.3 Å². The van der Waals surface area contributed by atoms with Crippen LogP contribution in [0.5, 0.6) is 11.5 Å². The first kappa shape index (κ1) is 21.4. The predicted octanol–water partition coefficient (Wildman–Crippen LogP) is 3.96. The van der Waals surface area contributed by atoms with E-state index in [0.717, 1.165) is 11.3 Å². The standard InChI is InChI=1S/C22H23N3O4S/c1-4-19(21(27)23-15-7-11-17(29-3)12-8-15)30-22-24-18(13-20(26)25-22)14-5-9-16(28-2)10-6-14/h5-13,19H,4H2,1-3H3,(H,23,27)(H,24,25,26). The van der Waals surface area contributed by atoms with Gasteiger partial charge in [0.2, 0.25) is 5.91 Å². The molecule has 2 aromatic carbocycles. The van der Waals surface area contributed by atoms with Crippen molar-refractivity contribution in [2.24, 2.45) is 0 Å². The first-order valence-electron chi connectivity index (χ1n) is 9.39. The first-order valence-corrected chi connectivity index (χ1v) is 10.3. The molecule has 3 rings (SSSR count). The van der Waals surface area contributed by atoms with Gasteiger partial charge in [0, 0.05) is 17.3 Å². The fraction of sp³-hybridized carbons (Fsp3) is 0.227. The highest BCUT2D eigenvalue weighted by Gasteiger charge is 2.20. The van der Waals surface area contributed by atoms with E-state index >= 15 is 0 Å². The Morgan fingerprint density at radius 1 is 1.07 bits per heavy atom. The number of ether oxygens (including phenoxy) is 2. The molecular weight excluding hydrogens is 402 g/mol. The molecule has 0 aliphatic carbocycles. The molecule has 8 heteroatoms. The van der Waals surface area contributed by atoms with E-state index in [2.05, 4.69) is 15.3 Å². The normalized spacial score (nSPS) is 11.6. The van der Waals surface area contributed by atoms with Crippen molar-refractivity contribution in [1.29, 1.82) is 0 Å². The van der Waals surface area contributed by atoms with Gasteiger partial charge in [0.15, 0.2) is 5.16 Å². The van der Waals surface area contributed by atoms with Crippen LogP contribution < -0.4 is 20.3 Å². The second kappa shape index (κ2) is 9.98. The van der Waals surface area contributed by atoms with Gasteiger partial charge >= 0.3 is 0 Å². The molecule has 0 bridgehead atoms. The molecule has 1 unspecified atom stereocenters. The molecule has 0 saturated heterocycles. The molecule has 1 atom stereocenters. The Bertz CT molecular complexity index is 1050. The minimum atomic E-state index is -0.415. The number of carbonyl (C=O) groups excluding carboxylic acids is 1. The van der Waals surface area contributed by atoms with Crippen molar-refractivity contribution in [3.8, 4) is 22.8 Å². The van der Waals surface area contributed by atoms with Gasteiger partial charge in [-0.2, -0.15) is 0 Å². The maximum Gasteiger partial charge on any atom is 0.252 e. The number of methoxy groups -OCH3 is 2. The summed E-state index contributed by atoms with van der Waals surface area (Å²) < 4.78 is 10.3. The van der Waals surface area contributed by atoms with Crippen LogP contribution in [0.4, 0.5) is 5.69 Å². The lowest BCUT2D eigenvalue weighted by Crippen LogP contribution is -2.25.